The number of nitrogens with one attached hydrogen (secondary N) is 1. The van der Waals surface area contributed by atoms with E-state index in [1.54, 1.807) is 0 Å². The number of carbonyl (C=O) groups is 1. The highest BCUT2D eigenvalue weighted by Crippen LogP contribution is 2.34. The van der Waals surface area contributed by atoms with Crippen molar-refractivity contribution in [3.8, 4) is 0 Å². The summed E-state index contributed by atoms with van der Waals surface area (Å²) in [7, 11) is 2.21. The number of aryl methyl sites for hydroxylation is 1. The lowest BCUT2D eigenvalue weighted by atomic mass is 9.94. The largest absolute Gasteiger partial charge is 0.356 e. The molecule has 0 spiro atoms. The van der Waals surface area contributed by atoms with Crippen molar-refractivity contribution >= 4 is 16.8 Å². The smallest absolute Gasteiger partial charge is 0.261 e. The summed E-state index contributed by atoms with van der Waals surface area (Å²) >= 11 is 0. The van der Waals surface area contributed by atoms with Gasteiger partial charge in [-0.2, -0.15) is 0 Å². The van der Waals surface area contributed by atoms with E-state index in [2.05, 4.69) is 17.3 Å². The zero-order valence-electron chi connectivity index (χ0n) is 18.1. The fraction of sp³-hybridized carbons (Fsp3) is 0.625. The molecule has 0 bridgehead atoms. The Labute approximate surface area is 178 Å². The van der Waals surface area contributed by atoms with Crippen molar-refractivity contribution in [1.82, 2.24) is 19.8 Å². The second kappa shape index (κ2) is 9.73. The Morgan fingerprint density at radius 2 is 1.93 bits per heavy atom. The van der Waals surface area contributed by atoms with Gasteiger partial charge in [0.25, 0.3) is 5.56 Å². The van der Waals surface area contributed by atoms with Crippen LogP contribution in [0.25, 0.3) is 10.9 Å². The normalized spacial score (nSPS) is 17.5. The van der Waals surface area contributed by atoms with Gasteiger partial charge in [0.2, 0.25) is 5.91 Å². The molecule has 162 valence electrons. The third-order valence-electron chi connectivity index (χ3n) is 6.58. The van der Waals surface area contributed by atoms with Crippen LogP contribution in [-0.4, -0.2) is 46.5 Å². The number of nitrogens with zero attached hydrogens (tertiary/aromatic N) is 3. The number of rotatable bonds is 9. The maximum Gasteiger partial charge on any atom is 0.261 e. The summed E-state index contributed by atoms with van der Waals surface area (Å²) in [6.07, 6.45) is 10.6. The van der Waals surface area contributed by atoms with Crippen LogP contribution in [-0.2, 0) is 11.2 Å². The molecule has 2 aromatic rings. The van der Waals surface area contributed by atoms with E-state index in [0.717, 1.165) is 37.1 Å². The Morgan fingerprint density at radius 3 is 2.70 bits per heavy atom. The van der Waals surface area contributed by atoms with Gasteiger partial charge in [-0.25, -0.2) is 4.98 Å². The van der Waals surface area contributed by atoms with Gasteiger partial charge < -0.3 is 10.2 Å². The molecule has 1 aromatic heterocycles. The van der Waals surface area contributed by atoms with Crippen molar-refractivity contribution in [2.45, 2.75) is 76.3 Å². The molecule has 2 fully saturated rings. The van der Waals surface area contributed by atoms with Gasteiger partial charge in [0, 0.05) is 31.5 Å². The summed E-state index contributed by atoms with van der Waals surface area (Å²) in [6.45, 7) is 1.73. The molecule has 6 heteroatoms. The van der Waals surface area contributed by atoms with Gasteiger partial charge in [-0.1, -0.05) is 31.4 Å². The van der Waals surface area contributed by atoms with Gasteiger partial charge in [0.15, 0.2) is 0 Å². The van der Waals surface area contributed by atoms with Crippen molar-refractivity contribution < 1.29 is 4.79 Å². The van der Waals surface area contributed by atoms with Gasteiger partial charge in [0.05, 0.1) is 10.9 Å². The summed E-state index contributed by atoms with van der Waals surface area (Å²) < 4.78 is 1.83. The van der Waals surface area contributed by atoms with Crippen LogP contribution >= 0.6 is 0 Å². The summed E-state index contributed by atoms with van der Waals surface area (Å²) in [5.74, 6) is 0.786. The molecule has 1 N–H and O–H groups in total. The molecular formula is C24H34N4O2. The van der Waals surface area contributed by atoms with E-state index < -0.39 is 0 Å². The molecule has 0 unspecified atom stereocenters. The number of aromatic nitrogens is 2. The number of carbonyl (C=O) groups excluding carboxylic acids is 1. The van der Waals surface area contributed by atoms with Crippen molar-refractivity contribution in [3.05, 3.63) is 40.4 Å². The Bertz CT molecular complexity index is 928. The standard InChI is InChI=1S/C24H34N4O2/c1-27(18-8-3-2-4-9-18)17-7-16-25-23(29)15-14-22-26-21-11-6-5-10-20(21)24(30)28(22)19-12-13-19/h5-6,10-11,18-19H,2-4,7-9,12-17H2,1H3,(H,25,29). The highest BCUT2D eigenvalue weighted by molar-refractivity contribution is 5.78. The topological polar surface area (TPSA) is 67.2 Å². The number of hydrogen-bond acceptors (Lipinski definition) is 4. The first kappa shape index (κ1) is 21.0. The Kier molecular flexibility index (Phi) is 6.82. The minimum Gasteiger partial charge on any atom is -0.356 e. The predicted octanol–water partition coefficient (Wildman–Crippen LogP) is 3.43. The lowest BCUT2D eigenvalue weighted by Gasteiger charge is -2.31. The second-order valence-electron chi connectivity index (χ2n) is 8.93. The fourth-order valence-electron chi connectivity index (χ4n) is 4.65. The third-order valence-corrected chi connectivity index (χ3v) is 6.58. The molecular weight excluding hydrogens is 376 g/mol. The Balaban J connectivity index is 1.27. The number of benzene rings is 1. The minimum absolute atomic E-state index is 0.0317. The molecule has 30 heavy (non-hydrogen) atoms. The first-order valence-corrected chi connectivity index (χ1v) is 11.6. The molecule has 2 aliphatic carbocycles. The number of fused-ring (bicyclic) bond motifs is 1. The maximum atomic E-state index is 12.9. The highest BCUT2D eigenvalue weighted by Gasteiger charge is 2.28. The second-order valence-corrected chi connectivity index (χ2v) is 8.93. The molecule has 2 aliphatic rings. The molecule has 0 aliphatic heterocycles. The van der Waals surface area contributed by atoms with Gasteiger partial charge in [-0.3, -0.25) is 14.2 Å². The first-order valence-electron chi connectivity index (χ1n) is 11.6. The van der Waals surface area contributed by atoms with Crippen LogP contribution in [0.1, 0.15) is 69.7 Å². The average Bonchev–Trinajstić information content (AvgIpc) is 3.61. The fourth-order valence-corrected chi connectivity index (χ4v) is 4.65. The van der Waals surface area contributed by atoms with Crippen molar-refractivity contribution in [1.29, 1.82) is 0 Å². The third kappa shape index (κ3) is 5.09. The van der Waals surface area contributed by atoms with E-state index in [4.69, 9.17) is 4.98 Å². The molecule has 1 aromatic carbocycles. The summed E-state index contributed by atoms with van der Waals surface area (Å²) in [5, 5.41) is 3.71. The van der Waals surface area contributed by atoms with Gasteiger partial charge in [0.1, 0.15) is 5.82 Å². The van der Waals surface area contributed by atoms with Crippen molar-refractivity contribution in [3.63, 3.8) is 0 Å². The lowest BCUT2D eigenvalue weighted by molar-refractivity contribution is -0.121. The molecule has 0 saturated heterocycles. The summed E-state index contributed by atoms with van der Waals surface area (Å²) in [4.78, 5) is 32.4. The Morgan fingerprint density at radius 1 is 1.17 bits per heavy atom. The van der Waals surface area contributed by atoms with Gasteiger partial charge in [-0.15, -0.1) is 0 Å². The highest BCUT2D eigenvalue weighted by atomic mass is 16.1. The van der Waals surface area contributed by atoms with Gasteiger partial charge in [-0.05, 0) is 57.8 Å². The van der Waals surface area contributed by atoms with E-state index in [0.29, 0.717) is 30.8 Å². The Hall–Kier alpha value is -2.21. The molecule has 2 saturated carbocycles. The van der Waals surface area contributed by atoms with Crippen LogP contribution in [0.15, 0.2) is 29.1 Å². The number of amides is 1. The zero-order valence-corrected chi connectivity index (χ0v) is 18.1. The average molecular weight is 411 g/mol. The van der Waals surface area contributed by atoms with E-state index in [-0.39, 0.29) is 17.5 Å². The summed E-state index contributed by atoms with van der Waals surface area (Å²) in [5.41, 5.74) is 0.754. The van der Waals surface area contributed by atoms with Crippen LogP contribution in [0.5, 0.6) is 0 Å². The van der Waals surface area contributed by atoms with Crippen molar-refractivity contribution in [2.24, 2.45) is 0 Å². The van der Waals surface area contributed by atoms with E-state index in [1.165, 1.54) is 32.1 Å². The van der Waals surface area contributed by atoms with E-state index in [9.17, 15) is 9.59 Å². The van der Waals surface area contributed by atoms with Crippen LogP contribution in [0.4, 0.5) is 0 Å². The number of para-hydroxylation sites is 1. The molecule has 0 atom stereocenters. The number of hydrogen-bond donors (Lipinski definition) is 1. The lowest BCUT2D eigenvalue weighted by Crippen LogP contribution is -2.36. The quantitative estimate of drug-likeness (QED) is 0.643. The van der Waals surface area contributed by atoms with Crippen LogP contribution < -0.4 is 10.9 Å². The van der Waals surface area contributed by atoms with Crippen molar-refractivity contribution in [2.75, 3.05) is 20.1 Å². The van der Waals surface area contributed by atoms with Crippen LogP contribution in [0.3, 0.4) is 0 Å². The molecule has 6 nitrogen and oxygen atoms in total. The molecule has 0 radical (unpaired) electrons. The first-order chi connectivity index (χ1) is 14.6. The van der Waals surface area contributed by atoms with Crippen LogP contribution in [0, 0.1) is 0 Å². The van der Waals surface area contributed by atoms with Crippen LogP contribution in [0.2, 0.25) is 0 Å². The molecule has 1 amide bonds. The minimum atomic E-state index is 0.0317. The van der Waals surface area contributed by atoms with E-state index in [1.807, 2.05) is 28.8 Å². The molecule has 1 heterocycles. The predicted molar refractivity (Wildman–Crippen MR) is 120 cm³/mol. The SMILES string of the molecule is CN(CCCNC(=O)CCc1nc2ccccc2c(=O)n1C1CC1)C1CCCCC1. The zero-order chi connectivity index (χ0) is 20.9. The van der Waals surface area contributed by atoms with Gasteiger partial charge >= 0.3 is 0 Å². The van der Waals surface area contributed by atoms with E-state index >= 15 is 0 Å². The summed E-state index contributed by atoms with van der Waals surface area (Å²) in [6, 6.07) is 8.46. The monoisotopic (exact) mass is 410 g/mol. The molecule has 4 rings (SSSR count). The maximum absolute atomic E-state index is 12.9.